The lowest BCUT2D eigenvalue weighted by Gasteiger charge is -2.03. The fourth-order valence-corrected chi connectivity index (χ4v) is 1.70. The minimum Gasteiger partial charge on any atom is -0.395 e. The van der Waals surface area contributed by atoms with E-state index in [9.17, 15) is 4.79 Å². The van der Waals surface area contributed by atoms with Crippen LogP contribution in [0.5, 0.6) is 0 Å². The van der Waals surface area contributed by atoms with E-state index in [1.807, 2.05) is 24.3 Å². The average Bonchev–Trinajstić information content (AvgIpc) is 2.92. The van der Waals surface area contributed by atoms with Crippen molar-refractivity contribution in [1.29, 1.82) is 0 Å². The van der Waals surface area contributed by atoms with Gasteiger partial charge in [-0.05, 0) is 24.6 Å². The van der Waals surface area contributed by atoms with Gasteiger partial charge in [-0.15, -0.1) is 0 Å². The van der Waals surface area contributed by atoms with E-state index < -0.39 is 0 Å². The summed E-state index contributed by atoms with van der Waals surface area (Å²) in [6.45, 7) is 2.24. The molecule has 2 aromatic rings. The molecule has 1 aromatic heterocycles. The van der Waals surface area contributed by atoms with Gasteiger partial charge in [-0.2, -0.15) is 0 Å². The quantitative estimate of drug-likeness (QED) is 0.837. The lowest BCUT2D eigenvalue weighted by Crippen LogP contribution is -2.22. The lowest BCUT2D eigenvalue weighted by atomic mass is 10.1. The summed E-state index contributed by atoms with van der Waals surface area (Å²) in [5.74, 6) is 5.76. The molecular formula is C16H16N2O3. The van der Waals surface area contributed by atoms with Crippen LogP contribution in [0.15, 0.2) is 35.0 Å². The second-order valence-electron chi connectivity index (χ2n) is 4.49. The predicted octanol–water partition coefficient (Wildman–Crippen LogP) is 1.65. The number of benzene rings is 1. The number of rotatable bonds is 4. The van der Waals surface area contributed by atoms with Gasteiger partial charge in [-0.3, -0.25) is 4.79 Å². The highest BCUT2D eigenvalue weighted by Crippen LogP contribution is 2.07. The maximum Gasteiger partial charge on any atom is 0.290 e. The molecule has 108 valence electrons. The molecule has 1 heterocycles. The molecule has 0 fully saturated rings. The smallest absolute Gasteiger partial charge is 0.290 e. The second kappa shape index (κ2) is 7.27. The molecule has 0 saturated heterocycles. The molecule has 0 saturated carbocycles. The van der Waals surface area contributed by atoms with Crippen molar-refractivity contribution in [2.75, 3.05) is 6.61 Å². The Balaban J connectivity index is 1.91. The predicted molar refractivity (Wildman–Crippen MR) is 77.4 cm³/mol. The summed E-state index contributed by atoms with van der Waals surface area (Å²) in [7, 11) is 0. The topological polar surface area (TPSA) is 75.4 Å². The molecule has 0 bridgehead atoms. The van der Waals surface area contributed by atoms with E-state index in [2.05, 4.69) is 22.3 Å². The zero-order valence-electron chi connectivity index (χ0n) is 11.7. The Morgan fingerprint density at radius 2 is 2.14 bits per heavy atom. The Labute approximate surface area is 123 Å². The van der Waals surface area contributed by atoms with Gasteiger partial charge in [0, 0.05) is 24.1 Å². The van der Waals surface area contributed by atoms with E-state index in [0.717, 1.165) is 11.1 Å². The van der Waals surface area contributed by atoms with Crippen molar-refractivity contribution in [3.8, 4) is 11.8 Å². The first-order chi connectivity index (χ1) is 10.2. The molecule has 1 amide bonds. The Hall–Kier alpha value is -2.58. The van der Waals surface area contributed by atoms with Crippen LogP contribution < -0.4 is 5.32 Å². The van der Waals surface area contributed by atoms with E-state index in [1.165, 1.54) is 6.20 Å². The molecule has 1 aromatic carbocycles. The van der Waals surface area contributed by atoms with Crippen LogP contribution in [0.4, 0.5) is 0 Å². The number of aliphatic hydroxyl groups is 1. The summed E-state index contributed by atoms with van der Waals surface area (Å²) in [4.78, 5) is 11.9. The molecular weight excluding hydrogens is 268 g/mol. The minimum atomic E-state index is -0.281. The monoisotopic (exact) mass is 284 g/mol. The van der Waals surface area contributed by atoms with Gasteiger partial charge < -0.3 is 14.9 Å². The molecule has 5 heteroatoms. The van der Waals surface area contributed by atoms with E-state index in [-0.39, 0.29) is 18.3 Å². The summed E-state index contributed by atoms with van der Waals surface area (Å²) < 4.78 is 4.89. The molecule has 21 heavy (non-hydrogen) atoms. The number of aromatic nitrogens is 1. The lowest BCUT2D eigenvalue weighted by molar-refractivity contribution is 0.0913. The van der Waals surface area contributed by atoms with Crippen LogP contribution in [0.2, 0.25) is 0 Å². The maximum absolute atomic E-state index is 11.9. The number of nitrogens with zero attached hydrogens (tertiary/aromatic N) is 1. The third-order valence-electron chi connectivity index (χ3n) is 2.83. The number of carbonyl (C=O) groups excluding carboxylic acids is 1. The first-order valence-electron chi connectivity index (χ1n) is 6.59. The molecule has 0 aliphatic heterocycles. The molecule has 0 aliphatic rings. The Morgan fingerprint density at radius 1 is 1.38 bits per heavy atom. The standard InChI is InChI=1S/C16H16N2O3/c1-12-10-18-21-15(12)16(20)17-11-14-7-5-13(6-8-14)4-2-3-9-19/h5-8,10,19H,3,9,11H2,1H3,(H,17,20). The average molecular weight is 284 g/mol. The van der Waals surface area contributed by atoms with E-state index >= 15 is 0 Å². The highest BCUT2D eigenvalue weighted by Gasteiger charge is 2.13. The highest BCUT2D eigenvalue weighted by molar-refractivity contribution is 5.92. The van der Waals surface area contributed by atoms with Gasteiger partial charge in [0.05, 0.1) is 12.8 Å². The Bertz CT molecular complexity index is 663. The van der Waals surface area contributed by atoms with Gasteiger partial charge in [-0.1, -0.05) is 29.1 Å². The molecule has 0 aliphatic carbocycles. The summed E-state index contributed by atoms with van der Waals surface area (Å²) >= 11 is 0. The largest absolute Gasteiger partial charge is 0.395 e. The van der Waals surface area contributed by atoms with Crippen molar-refractivity contribution >= 4 is 5.91 Å². The zero-order valence-corrected chi connectivity index (χ0v) is 11.7. The number of aryl methyl sites for hydroxylation is 1. The number of aliphatic hydroxyl groups excluding tert-OH is 1. The number of nitrogens with one attached hydrogen (secondary N) is 1. The van der Waals surface area contributed by atoms with Crippen LogP contribution in [-0.2, 0) is 6.54 Å². The van der Waals surface area contributed by atoms with Crippen LogP contribution in [0, 0.1) is 18.8 Å². The van der Waals surface area contributed by atoms with Crippen LogP contribution in [0.25, 0.3) is 0 Å². The summed E-state index contributed by atoms with van der Waals surface area (Å²) in [5, 5.41) is 15.0. The molecule has 0 unspecified atom stereocenters. The number of amides is 1. The van der Waals surface area contributed by atoms with Gasteiger partial charge in [0.15, 0.2) is 0 Å². The molecule has 5 nitrogen and oxygen atoms in total. The van der Waals surface area contributed by atoms with Crippen molar-refractivity contribution in [2.45, 2.75) is 19.9 Å². The van der Waals surface area contributed by atoms with Gasteiger partial charge in [0.2, 0.25) is 5.76 Å². The fraction of sp³-hybridized carbons (Fsp3) is 0.250. The molecule has 0 atom stereocenters. The minimum absolute atomic E-state index is 0.0676. The van der Waals surface area contributed by atoms with Crippen molar-refractivity contribution in [1.82, 2.24) is 10.5 Å². The number of carbonyl (C=O) groups is 1. The highest BCUT2D eigenvalue weighted by atomic mass is 16.5. The second-order valence-corrected chi connectivity index (χ2v) is 4.49. The number of hydrogen-bond acceptors (Lipinski definition) is 4. The third kappa shape index (κ3) is 4.20. The summed E-state index contributed by atoms with van der Waals surface area (Å²) in [5.41, 5.74) is 2.56. The van der Waals surface area contributed by atoms with Gasteiger partial charge in [0.1, 0.15) is 0 Å². The fourth-order valence-electron chi connectivity index (χ4n) is 1.70. The van der Waals surface area contributed by atoms with Crippen LogP contribution >= 0.6 is 0 Å². The summed E-state index contributed by atoms with van der Waals surface area (Å²) in [6, 6.07) is 7.56. The Kier molecular flexibility index (Phi) is 5.13. The molecule has 0 radical (unpaired) electrons. The van der Waals surface area contributed by atoms with E-state index in [1.54, 1.807) is 6.92 Å². The maximum atomic E-state index is 11.9. The first kappa shape index (κ1) is 14.8. The van der Waals surface area contributed by atoms with Crippen molar-refractivity contribution < 1.29 is 14.4 Å². The van der Waals surface area contributed by atoms with Crippen LogP contribution in [-0.4, -0.2) is 22.8 Å². The van der Waals surface area contributed by atoms with Gasteiger partial charge in [0.25, 0.3) is 5.91 Å². The SMILES string of the molecule is Cc1cnoc1C(=O)NCc1ccc(C#CCCO)cc1. The third-order valence-corrected chi connectivity index (χ3v) is 2.83. The summed E-state index contributed by atoms with van der Waals surface area (Å²) in [6.07, 6.45) is 1.98. The molecule has 0 spiro atoms. The normalized spacial score (nSPS) is 9.81. The first-order valence-corrected chi connectivity index (χ1v) is 6.59. The van der Waals surface area contributed by atoms with Crippen molar-refractivity contribution in [3.05, 3.63) is 52.9 Å². The van der Waals surface area contributed by atoms with Crippen LogP contribution in [0.3, 0.4) is 0 Å². The molecule has 2 N–H and O–H groups in total. The van der Waals surface area contributed by atoms with Gasteiger partial charge >= 0.3 is 0 Å². The van der Waals surface area contributed by atoms with Gasteiger partial charge in [-0.25, -0.2) is 0 Å². The van der Waals surface area contributed by atoms with Crippen molar-refractivity contribution in [3.63, 3.8) is 0 Å². The van der Waals surface area contributed by atoms with Crippen molar-refractivity contribution in [2.24, 2.45) is 0 Å². The number of hydrogen-bond donors (Lipinski definition) is 2. The van der Waals surface area contributed by atoms with E-state index in [0.29, 0.717) is 18.5 Å². The molecule has 2 rings (SSSR count). The zero-order chi connectivity index (χ0) is 15.1. The van der Waals surface area contributed by atoms with Crippen LogP contribution in [0.1, 0.15) is 33.7 Å². The van der Waals surface area contributed by atoms with E-state index in [4.69, 9.17) is 9.63 Å². The Morgan fingerprint density at radius 3 is 2.76 bits per heavy atom.